The van der Waals surface area contributed by atoms with E-state index in [0.29, 0.717) is 11.3 Å². The number of ether oxygens (including phenoxy) is 2. The first kappa shape index (κ1) is 22.3. The van der Waals surface area contributed by atoms with Gasteiger partial charge in [-0.25, -0.2) is 0 Å². The average Bonchev–Trinajstić information content (AvgIpc) is 3.09. The number of aromatic nitrogens is 2. The summed E-state index contributed by atoms with van der Waals surface area (Å²) in [6.45, 7) is 0.120. The van der Waals surface area contributed by atoms with E-state index >= 15 is 0 Å². The highest BCUT2D eigenvalue weighted by molar-refractivity contribution is 6.46. The maximum atomic E-state index is 13.2. The fraction of sp³-hybridized carbons (Fsp3) is 0.167. The van der Waals surface area contributed by atoms with E-state index in [1.807, 2.05) is 0 Å². The number of carbonyl (C=O) groups excluding carboxylic acids is 2. The van der Waals surface area contributed by atoms with Crippen molar-refractivity contribution in [3.63, 3.8) is 0 Å². The van der Waals surface area contributed by atoms with E-state index in [0.717, 1.165) is 5.56 Å². The largest absolute Gasteiger partial charge is 0.507 e. The van der Waals surface area contributed by atoms with E-state index in [-0.39, 0.29) is 28.5 Å². The first-order chi connectivity index (χ1) is 16.0. The molecule has 1 amide bonds. The third-order valence-corrected chi connectivity index (χ3v) is 5.64. The number of likely N-dealkylation sites (tertiary alicyclic amines) is 1. The summed E-state index contributed by atoms with van der Waals surface area (Å²) in [5.74, 6) is -1.40. The zero-order valence-electron chi connectivity index (χ0n) is 17.9. The predicted molar refractivity (Wildman–Crippen MR) is 121 cm³/mol. The van der Waals surface area contributed by atoms with Crippen LogP contribution in [0.5, 0.6) is 11.5 Å². The van der Waals surface area contributed by atoms with E-state index in [1.54, 1.807) is 49.1 Å². The Morgan fingerprint density at radius 3 is 2.36 bits per heavy atom. The highest BCUT2D eigenvalue weighted by Crippen LogP contribution is 2.43. The molecule has 3 aromatic rings. The van der Waals surface area contributed by atoms with Crippen LogP contribution in [0.2, 0.25) is 5.02 Å². The Kier molecular flexibility index (Phi) is 6.28. The minimum Gasteiger partial charge on any atom is -0.507 e. The lowest BCUT2D eigenvalue weighted by molar-refractivity contribution is -0.140. The van der Waals surface area contributed by atoms with Crippen LogP contribution in [0.1, 0.15) is 22.7 Å². The highest BCUT2D eigenvalue weighted by atomic mass is 35.5. The number of ketones is 1. The zero-order valence-corrected chi connectivity index (χ0v) is 18.6. The Bertz CT molecular complexity index is 1230. The normalized spacial score (nSPS) is 17.3. The molecule has 33 heavy (non-hydrogen) atoms. The van der Waals surface area contributed by atoms with E-state index in [1.165, 1.54) is 31.3 Å². The number of rotatable bonds is 6. The highest BCUT2D eigenvalue weighted by Gasteiger charge is 2.46. The lowest BCUT2D eigenvalue weighted by Gasteiger charge is -2.25. The summed E-state index contributed by atoms with van der Waals surface area (Å²) < 4.78 is 10.6. The molecule has 1 N–H and O–H groups in total. The summed E-state index contributed by atoms with van der Waals surface area (Å²) in [5.41, 5.74) is 1.38. The molecule has 1 atom stereocenters. The number of pyridine rings is 2. The smallest absolute Gasteiger partial charge is 0.295 e. The third-order valence-electron chi connectivity index (χ3n) is 5.34. The number of Topliss-reactive ketones (excluding diaryl/α,β-unsaturated/α-hetero) is 1. The third kappa shape index (κ3) is 4.12. The van der Waals surface area contributed by atoms with Crippen LogP contribution in [0.25, 0.3) is 5.76 Å². The van der Waals surface area contributed by atoms with Crippen molar-refractivity contribution in [2.45, 2.75) is 12.6 Å². The van der Waals surface area contributed by atoms with Crippen LogP contribution in [-0.2, 0) is 16.1 Å². The fourth-order valence-electron chi connectivity index (χ4n) is 3.81. The van der Waals surface area contributed by atoms with Crippen molar-refractivity contribution in [3.8, 4) is 11.5 Å². The van der Waals surface area contributed by atoms with Crippen LogP contribution in [0, 0.1) is 0 Å². The van der Waals surface area contributed by atoms with Crippen molar-refractivity contribution in [2.24, 2.45) is 0 Å². The van der Waals surface area contributed by atoms with E-state index in [9.17, 15) is 14.7 Å². The Hall–Kier alpha value is -3.91. The van der Waals surface area contributed by atoms with Gasteiger partial charge in [-0.15, -0.1) is 0 Å². The summed E-state index contributed by atoms with van der Waals surface area (Å²) >= 11 is 6.27. The molecule has 0 bridgehead atoms. The van der Waals surface area contributed by atoms with Crippen molar-refractivity contribution >= 4 is 29.1 Å². The van der Waals surface area contributed by atoms with Crippen molar-refractivity contribution in [3.05, 3.63) is 88.5 Å². The first-order valence-electron chi connectivity index (χ1n) is 9.95. The molecule has 1 aliphatic heterocycles. The van der Waals surface area contributed by atoms with Gasteiger partial charge < -0.3 is 19.5 Å². The topological polar surface area (TPSA) is 102 Å². The number of aliphatic hydroxyl groups excluding tert-OH is 1. The zero-order chi connectivity index (χ0) is 23.5. The average molecular weight is 466 g/mol. The van der Waals surface area contributed by atoms with Gasteiger partial charge in [0.25, 0.3) is 11.7 Å². The maximum Gasteiger partial charge on any atom is 0.295 e. The predicted octanol–water partition coefficient (Wildman–Crippen LogP) is 3.77. The number of hydrogen-bond donors (Lipinski definition) is 1. The molecule has 1 unspecified atom stereocenters. The fourth-order valence-corrected chi connectivity index (χ4v) is 4.05. The summed E-state index contributed by atoms with van der Waals surface area (Å²) in [4.78, 5) is 35.8. The quantitative estimate of drug-likeness (QED) is 0.336. The molecule has 1 aliphatic rings. The molecule has 0 saturated carbocycles. The number of methoxy groups -OCH3 is 2. The van der Waals surface area contributed by atoms with Crippen LogP contribution in [0.4, 0.5) is 0 Å². The second-order valence-electron chi connectivity index (χ2n) is 7.26. The van der Waals surface area contributed by atoms with Gasteiger partial charge in [0.15, 0.2) is 0 Å². The number of benzene rings is 1. The minimum absolute atomic E-state index is 0.0866. The van der Waals surface area contributed by atoms with Crippen molar-refractivity contribution in [2.75, 3.05) is 14.2 Å². The molecular weight excluding hydrogens is 446 g/mol. The van der Waals surface area contributed by atoms with Gasteiger partial charge in [-0.2, -0.15) is 0 Å². The SMILES string of the molecule is COc1cc(OC)c(/C(O)=C2\C(=O)C(=O)N(Cc3cccnc3)C2c2cccnc2)cc1Cl. The van der Waals surface area contributed by atoms with Crippen LogP contribution < -0.4 is 9.47 Å². The standard InChI is InChI=1S/C24H20ClN3O5/c1-32-18-10-19(33-2)17(25)9-16(18)22(29)20-21(15-6-4-8-27-12-15)28(24(31)23(20)30)13-14-5-3-7-26-11-14/h3-12,21,29H,13H2,1-2H3/b22-20+. The van der Waals surface area contributed by atoms with Crippen LogP contribution in [0.15, 0.2) is 66.8 Å². The van der Waals surface area contributed by atoms with Crippen molar-refractivity contribution < 1.29 is 24.2 Å². The van der Waals surface area contributed by atoms with E-state index in [2.05, 4.69) is 9.97 Å². The molecule has 1 aromatic carbocycles. The number of carbonyl (C=O) groups is 2. The van der Waals surface area contributed by atoms with E-state index < -0.39 is 23.5 Å². The van der Waals surface area contributed by atoms with Crippen LogP contribution in [-0.4, -0.2) is 45.9 Å². The van der Waals surface area contributed by atoms with Gasteiger partial charge in [0, 0.05) is 37.4 Å². The van der Waals surface area contributed by atoms with Gasteiger partial charge in [0.2, 0.25) is 0 Å². The molecule has 1 saturated heterocycles. The van der Waals surface area contributed by atoms with Crippen molar-refractivity contribution in [1.82, 2.24) is 14.9 Å². The molecule has 0 radical (unpaired) electrons. The molecule has 3 heterocycles. The number of hydrogen-bond acceptors (Lipinski definition) is 7. The summed E-state index contributed by atoms with van der Waals surface area (Å²) in [5, 5.41) is 11.5. The Labute approximate surface area is 195 Å². The summed E-state index contributed by atoms with van der Waals surface area (Å²) in [7, 11) is 2.87. The van der Waals surface area contributed by atoms with E-state index in [4.69, 9.17) is 21.1 Å². The summed E-state index contributed by atoms with van der Waals surface area (Å²) in [6.07, 6.45) is 6.38. The first-order valence-corrected chi connectivity index (χ1v) is 10.3. The van der Waals surface area contributed by atoms with Gasteiger partial charge in [0.1, 0.15) is 17.3 Å². The Morgan fingerprint density at radius 1 is 1.06 bits per heavy atom. The molecule has 168 valence electrons. The second kappa shape index (κ2) is 9.30. The molecule has 8 nitrogen and oxygen atoms in total. The number of aliphatic hydroxyl groups is 1. The van der Waals surface area contributed by atoms with Gasteiger partial charge in [-0.1, -0.05) is 23.7 Å². The number of nitrogens with zero attached hydrogens (tertiary/aromatic N) is 3. The van der Waals surface area contributed by atoms with Gasteiger partial charge >= 0.3 is 0 Å². The molecule has 4 rings (SSSR count). The summed E-state index contributed by atoms with van der Waals surface area (Å²) in [6, 6.07) is 9.06. The molecular formula is C24H20ClN3O5. The van der Waals surface area contributed by atoms with Crippen LogP contribution >= 0.6 is 11.6 Å². The van der Waals surface area contributed by atoms with Gasteiger partial charge in [-0.05, 0) is 29.3 Å². The lowest BCUT2D eigenvalue weighted by Crippen LogP contribution is -2.29. The Balaban J connectivity index is 1.90. The molecule has 1 fully saturated rings. The number of amides is 1. The molecule has 2 aromatic heterocycles. The monoisotopic (exact) mass is 465 g/mol. The van der Waals surface area contributed by atoms with Crippen molar-refractivity contribution in [1.29, 1.82) is 0 Å². The molecule has 9 heteroatoms. The Morgan fingerprint density at radius 2 is 1.76 bits per heavy atom. The van der Waals surface area contributed by atoms with Gasteiger partial charge in [0.05, 0.1) is 36.4 Å². The van der Waals surface area contributed by atoms with Gasteiger partial charge in [-0.3, -0.25) is 19.6 Å². The lowest BCUT2D eigenvalue weighted by atomic mass is 9.95. The maximum absolute atomic E-state index is 13.2. The minimum atomic E-state index is -0.871. The second-order valence-corrected chi connectivity index (χ2v) is 7.67. The van der Waals surface area contributed by atoms with Crippen LogP contribution in [0.3, 0.4) is 0 Å². The number of halogens is 1. The molecule has 0 aliphatic carbocycles. The molecule has 0 spiro atoms.